The number of nitrogens with one attached hydrogen (secondary N) is 1. The van der Waals surface area contributed by atoms with Crippen LogP contribution in [0.15, 0.2) is 4.99 Å². The quantitative estimate of drug-likeness (QED) is 0.415. The smallest absolute Gasteiger partial charge is 0.188 e. The Bertz CT molecular complexity index is 240. The minimum absolute atomic E-state index is 0.607. The number of hydrogen-bond acceptors (Lipinski definition) is 2. The second-order valence-electron chi connectivity index (χ2n) is 5.28. The summed E-state index contributed by atoms with van der Waals surface area (Å²) in [6.45, 7) is 8.71. The van der Waals surface area contributed by atoms with Gasteiger partial charge in [0.25, 0.3) is 0 Å². The third-order valence-corrected chi connectivity index (χ3v) is 3.66. The third-order valence-electron chi connectivity index (χ3n) is 3.66. The van der Waals surface area contributed by atoms with Gasteiger partial charge in [0.15, 0.2) is 5.96 Å². The van der Waals surface area contributed by atoms with Gasteiger partial charge in [-0.1, -0.05) is 19.8 Å². The molecule has 0 amide bonds. The summed E-state index contributed by atoms with van der Waals surface area (Å²) in [7, 11) is 0. The zero-order chi connectivity index (χ0) is 13.2. The van der Waals surface area contributed by atoms with E-state index >= 15 is 0 Å². The number of aliphatic imine (C=N–C) groups is 1. The van der Waals surface area contributed by atoms with Gasteiger partial charge in [-0.3, -0.25) is 4.99 Å². The van der Waals surface area contributed by atoms with E-state index in [4.69, 9.17) is 5.73 Å². The molecule has 0 saturated carbocycles. The molecule has 0 spiro atoms. The maximum absolute atomic E-state index is 5.79. The van der Waals surface area contributed by atoms with Crippen LogP contribution in [0.5, 0.6) is 0 Å². The fraction of sp³-hybridized carbons (Fsp3) is 0.929. The van der Waals surface area contributed by atoms with Crippen molar-refractivity contribution in [3.05, 3.63) is 0 Å². The van der Waals surface area contributed by atoms with E-state index in [9.17, 15) is 0 Å². The zero-order valence-electron chi connectivity index (χ0n) is 12.1. The lowest BCUT2D eigenvalue weighted by Gasteiger charge is -2.33. The first-order valence-electron chi connectivity index (χ1n) is 7.52. The van der Waals surface area contributed by atoms with Gasteiger partial charge in [-0.15, -0.1) is 0 Å². The fourth-order valence-corrected chi connectivity index (χ4v) is 2.41. The van der Waals surface area contributed by atoms with Gasteiger partial charge in [-0.2, -0.15) is 0 Å². The van der Waals surface area contributed by atoms with Crippen molar-refractivity contribution in [3.8, 4) is 0 Å². The fourth-order valence-electron chi connectivity index (χ4n) is 2.41. The van der Waals surface area contributed by atoms with Crippen molar-refractivity contribution < 1.29 is 0 Å². The molecule has 18 heavy (non-hydrogen) atoms. The standard InChI is InChI=1S/C14H30N4/c1-3-4-9-16-14(15)17-10-7-12-18-11-6-5-8-13(18)2/h13H,3-12H2,1-2H3,(H3,15,16,17). The first-order chi connectivity index (χ1) is 8.74. The van der Waals surface area contributed by atoms with Gasteiger partial charge in [-0.05, 0) is 39.2 Å². The van der Waals surface area contributed by atoms with Crippen LogP contribution in [-0.2, 0) is 0 Å². The van der Waals surface area contributed by atoms with E-state index in [1.165, 1.54) is 32.2 Å². The van der Waals surface area contributed by atoms with Crippen LogP contribution in [0.2, 0.25) is 0 Å². The highest BCUT2D eigenvalue weighted by atomic mass is 15.2. The van der Waals surface area contributed by atoms with Gasteiger partial charge in [0.05, 0.1) is 0 Å². The number of hydrogen-bond donors (Lipinski definition) is 2. The van der Waals surface area contributed by atoms with Gasteiger partial charge in [0.1, 0.15) is 0 Å². The number of rotatable bonds is 7. The highest BCUT2D eigenvalue weighted by molar-refractivity contribution is 5.77. The predicted molar refractivity (Wildman–Crippen MR) is 78.9 cm³/mol. The highest BCUT2D eigenvalue weighted by Crippen LogP contribution is 2.16. The molecule has 0 aliphatic carbocycles. The van der Waals surface area contributed by atoms with Crippen LogP contribution in [0.4, 0.5) is 0 Å². The molecular formula is C14H30N4. The van der Waals surface area contributed by atoms with Crippen LogP contribution in [0.1, 0.15) is 52.4 Å². The molecule has 0 aromatic carbocycles. The molecule has 3 N–H and O–H groups in total. The molecule has 1 aliphatic rings. The van der Waals surface area contributed by atoms with Gasteiger partial charge in [0.2, 0.25) is 0 Å². The first-order valence-corrected chi connectivity index (χ1v) is 7.52. The molecule has 4 nitrogen and oxygen atoms in total. The van der Waals surface area contributed by atoms with E-state index in [0.29, 0.717) is 5.96 Å². The number of unbranched alkanes of at least 4 members (excludes halogenated alkanes) is 1. The van der Waals surface area contributed by atoms with E-state index in [1.54, 1.807) is 0 Å². The van der Waals surface area contributed by atoms with Crippen molar-refractivity contribution in [2.75, 3.05) is 26.2 Å². The van der Waals surface area contributed by atoms with Crippen molar-refractivity contribution in [2.45, 2.75) is 58.4 Å². The summed E-state index contributed by atoms with van der Waals surface area (Å²) in [4.78, 5) is 6.95. The van der Waals surface area contributed by atoms with Crippen LogP contribution in [0, 0.1) is 0 Å². The molecule has 1 saturated heterocycles. The first kappa shape index (κ1) is 15.3. The van der Waals surface area contributed by atoms with Crippen LogP contribution in [0.3, 0.4) is 0 Å². The molecule has 1 rings (SSSR count). The van der Waals surface area contributed by atoms with Crippen LogP contribution in [-0.4, -0.2) is 43.1 Å². The SMILES string of the molecule is CCCCNC(N)=NCCCN1CCCCC1C. The van der Waals surface area contributed by atoms with E-state index < -0.39 is 0 Å². The Kier molecular flexibility index (Phi) is 7.81. The van der Waals surface area contributed by atoms with Crippen molar-refractivity contribution in [1.29, 1.82) is 0 Å². The molecule has 1 unspecified atom stereocenters. The Morgan fingerprint density at radius 3 is 2.94 bits per heavy atom. The van der Waals surface area contributed by atoms with Crippen LogP contribution in [0.25, 0.3) is 0 Å². The number of guanidine groups is 1. The summed E-state index contributed by atoms with van der Waals surface area (Å²) < 4.78 is 0. The van der Waals surface area contributed by atoms with Crippen molar-refractivity contribution in [2.24, 2.45) is 10.7 Å². The van der Waals surface area contributed by atoms with Crippen molar-refractivity contribution >= 4 is 5.96 Å². The van der Waals surface area contributed by atoms with E-state index in [-0.39, 0.29) is 0 Å². The predicted octanol–water partition coefficient (Wildman–Crippen LogP) is 1.96. The molecule has 0 aromatic rings. The number of likely N-dealkylation sites (tertiary alicyclic amines) is 1. The largest absolute Gasteiger partial charge is 0.370 e. The summed E-state index contributed by atoms with van der Waals surface area (Å²) in [5, 5.41) is 3.14. The van der Waals surface area contributed by atoms with Crippen molar-refractivity contribution in [3.63, 3.8) is 0 Å². The molecule has 1 fully saturated rings. The van der Waals surface area contributed by atoms with Crippen LogP contribution < -0.4 is 11.1 Å². The minimum Gasteiger partial charge on any atom is -0.370 e. The lowest BCUT2D eigenvalue weighted by molar-refractivity contribution is 0.160. The lowest BCUT2D eigenvalue weighted by Crippen LogP contribution is -2.38. The second kappa shape index (κ2) is 9.20. The molecule has 0 bridgehead atoms. The molecule has 0 radical (unpaired) electrons. The van der Waals surface area contributed by atoms with E-state index in [2.05, 4.69) is 29.1 Å². The Hall–Kier alpha value is -0.770. The second-order valence-corrected chi connectivity index (χ2v) is 5.28. The molecule has 0 aromatic heterocycles. The molecular weight excluding hydrogens is 224 g/mol. The van der Waals surface area contributed by atoms with Gasteiger partial charge in [0, 0.05) is 25.7 Å². The summed E-state index contributed by atoms with van der Waals surface area (Å²) >= 11 is 0. The summed E-state index contributed by atoms with van der Waals surface area (Å²) in [6, 6.07) is 0.753. The average molecular weight is 254 g/mol. The Morgan fingerprint density at radius 2 is 2.22 bits per heavy atom. The maximum Gasteiger partial charge on any atom is 0.188 e. The zero-order valence-corrected chi connectivity index (χ0v) is 12.1. The summed E-state index contributed by atoms with van der Waals surface area (Å²) in [5.74, 6) is 0.607. The lowest BCUT2D eigenvalue weighted by atomic mass is 10.0. The third kappa shape index (κ3) is 6.24. The van der Waals surface area contributed by atoms with E-state index in [1.807, 2.05) is 0 Å². The minimum atomic E-state index is 0.607. The topological polar surface area (TPSA) is 53.6 Å². The van der Waals surface area contributed by atoms with E-state index in [0.717, 1.165) is 38.5 Å². The summed E-state index contributed by atoms with van der Waals surface area (Å²) in [6.07, 6.45) is 7.55. The highest BCUT2D eigenvalue weighted by Gasteiger charge is 2.16. The van der Waals surface area contributed by atoms with Gasteiger partial charge in [-0.25, -0.2) is 0 Å². The number of nitrogens with two attached hydrogens (primary N) is 1. The Balaban J connectivity index is 2.07. The van der Waals surface area contributed by atoms with Crippen LogP contribution >= 0.6 is 0 Å². The normalized spacial score (nSPS) is 22.1. The number of piperidine rings is 1. The summed E-state index contributed by atoms with van der Waals surface area (Å²) in [5.41, 5.74) is 5.79. The average Bonchev–Trinajstić information content (AvgIpc) is 2.37. The monoisotopic (exact) mass is 254 g/mol. The molecule has 4 heteroatoms. The number of nitrogens with zero attached hydrogens (tertiary/aromatic N) is 2. The van der Waals surface area contributed by atoms with Crippen molar-refractivity contribution in [1.82, 2.24) is 10.2 Å². The molecule has 1 atom stereocenters. The Labute approximate surface area is 112 Å². The molecule has 106 valence electrons. The molecule has 1 heterocycles. The van der Waals surface area contributed by atoms with Gasteiger partial charge < -0.3 is 16.0 Å². The molecule has 1 aliphatic heterocycles. The maximum atomic E-state index is 5.79. The Morgan fingerprint density at radius 1 is 1.39 bits per heavy atom. The van der Waals surface area contributed by atoms with Gasteiger partial charge >= 0.3 is 0 Å².